The maximum Gasteiger partial charge on any atom is 0.230 e. The first-order valence-corrected chi connectivity index (χ1v) is 11.7. The molecule has 0 bridgehead atoms. The highest BCUT2D eigenvalue weighted by Gasteiger charge is 2.22. The van der Waals surface area contributed by atoms with Crippen molar-refractivity contribution in [1.29, 1.82) is 0 Å². The van der Waals surface area contributed by atoms with Crippen LogP contribution in [0.3, 0.4) is 0 Å². The average molecular weight is 425 g/mol. The number of carbonyl (C=O) groups excluding carboxylic acids is 1. The SMILES string of the molecule is COc1ccc(CNC(=O)CSCc2nc3cccnc3n2C2CCCCC2)cc1. The van der Waals surface area contributed by atoms with E-state index in [0.717, 1.165) is 28.3 Å². The first kappa shape index (κ1) is 20.7. The third-order valence-corrected chi connectivity index (χ3v) is 6.50. The highest BCUT2D eigenvalue weighted by Crippen LogP contribution is 2.32. The molecule has 6 nitrogen and oxygen atoms in total. The summed E-state index contributed by atoms with van der Waals surface area (Å²) in [7, 11) is 1.65. The van der Waals surface area contributed by atoms with Gasteiger partial charge in [-0.2, -0.15) is 0 Å². The van der Waals surface area contributed by atoms with Crippen molar-refractivity contribution in [2.75, 3.05) is 12.9 Å². The minimum atomic E-state index is 0.0364. The van der Waals surface area contributed by atoms with Crippen molar-refractivity contribution < 1.29 is 9.53 Å². The molecule has 1 amide bonds. The van der Waals surface area contributed by atoms with E-state index in [1.54, 1.807) is 18.9 Å². The molecule has 7 heteroatoms. The molecule has 1 aliphatic rings. The minimum absolute atomic E-state index is 0.0364. The van der Waals surface area contributed by atoms with Crippen LogP contribution in [0.5, 0.6) is 5.75 Å². The number of ether oxygens (including phenoxy) is 1. The van der Waals surface area contributed by atoms with Crippen molar-refractivity contribution in [2.45, 2.75) is 50.4 Å². The first-order valence-electron chi connectivity index (χ1n) is 10.5. The molecule has 1 aliphatic carbocycles. The molecule has 4 rings (SSSR count). The lowest BCUT2D eigenvalue weighted by atomic mass is 9.95. The van der Waals surface area contributed by atoms with Crippen LogP contribution in [0.2, 0.25) is 0 Å². The molecular weight excluding hydrogens is 396 g/mol. The van der Waals surface area contributed by atoms with Crippen LogP contribution in [0.15, 0.2) is 42.6 Å². The zero-order chi connectivity index (χ0) is 20.8. The van der Waals surface area contributed by atoms with Gasteiger partial charge in [-0.1, -0.05) is 31.4 Å². The topological polar surface area (TPSA) is 69.0 Å². The molecular formula is C23H28N4O2S. The van der Waals surface area contributed by atoms with Crippen LogP contribution in [0.1, 0.15) is 49.5 Å². The van der Waals surface area contributed by atoms with Crippen molar-refractivity contribution in [3.63, 3.8) is 0 Å². The van der Waals surface area contributed by atoms with Crippen molar-refractivity contribution >= 4 is 28.8 Å². The zero-order valence-electron chi connectivity index (χ0n) is 17.3. The summed E-state index contributed by atoms with van der Waals surface area (Å²) in [5, 5.41) is 2.99. The second kappa shape index (κ2) is 9.98. The Kier molecular flexibility index (Phi) is 6.89. The van der Waals surface area contributed by atoms with Crippen molar-refractivity contribution in [3.05, 3.63) is 54.0 Å². The predicted molar refractivity (Wildman–Crippen MR) is 121 cm³/mol. The summed E-state index contributed by atoms with van der Waals surface area (Å²) in [4.78, 5) is 21.7. The molecule has 1 N–H and O–H groups in total. The number of amides is 1. The Labute approximate surface area is 181 Å². The standard InChI is InChI=1S/C23H28N4O2S/c1-29-19-11-9-17(10-12-19)14-25-22(28)16-30-15-21-26-20-8-5-13-24-23(20)27(21)18-6-3-2-4-7-18/h5,8-13,18H,2-4,6-7,14-16H2,1H3,(H,25,28). The second-order valence-corrected chi connectivity index (χ2v) is 8.64. The Morgan fingerprint density at radius 2 is 2.00 bits per heavy atom. The van der Waals surface area contributed by atoms with Crippen LogP contribution in [0.4, 0.5) is 0 Å². The molecule has 2 heterocycles. The molecule has 1 aromatic carbocycles. The molecule has 3 aromatic rings. The lowest BCUT2D eigenvalue weighted by molar-refractivity contribution is -0.118. The molecule has 1 saturated carbocycles. The summed E-state index contributed by atoms with van der Waals surface area (Å²) >= 11 is 1.61. The van der Waals surface area contributed by atoms with Gasteiger partial charge in [-0.05, 0) is 42.7 Å². The van der Waals surface area contributed by atoms with Gasteiger partial charge < -0.3 is 14.6 Å². The van der Waals surface area contributed by atoms with Crippen LogP contribution in [0.25, 0.3) is 11.2 Å². The molecule has 0 unspecified atom stereocenters. The first-order chi connectivity index (χ1) is 14.7. The third kappa shape index (κ3) is 4.95. The maximum absolute atomic E-state index is 12.3. The van der Waals surface area contributed by atoms with Crippen molar-refractivity contribution in [3.8, 4) is 5.75 Å². The Morgan fingerprint density at radius 1 is 1.20 bits per heavy atom. The number of imidazole rings is 1. The molecule has 1 fully saturated rings. The van der Waals surface area contributed by atoms with Gasteiger partial charge in [0, 0.05) is 18.8 Å². The number of nitrogens with zero attached hydrogens (tertiary/aromatic N) is 3. The largest absolute Gasteiger partial charge is 0.497 e. The highest BCUT2D eigenvalue weighted by molar-refractivity contribution is 7.99. The van der Waals surface area contributed by atoms with Crippen LogP contribution >= 0.6 is 11.8 Å². The number of rotatable bonds is 8. The van der Waals surface area contributed by atoms with Gasteiger partial charge in [-0.15, -0.1) is 11.8 Å². The fraction of sp³-hybridized carbons (Fsp3) is 0.435. The number of nitrogens with one attached hydrogen (secondary N) is 1. The van der Waals surface area contributed by atoms with Gasteiger partial charge in [0.05, 0.1) is 18.6 Å². The van der Waals surface area contributed by atoms with E-state index in [9.17, 15) is 4.79 Å². The summed E-state index contributed by atoms with van der Waals surface area (Å²) < 4.78 is 7.49. The van der Waals surface area contributed by atoms with Gasteiger partial charge in [-0.3, -0.25) is 4.79 Å². The molecule has 30 heavy (non-hydrogen) atoms. The molecule has 0 spiro atoms. The van der Waals surface area contributed by atoms with Gasteiger partial charge in [0.1, 0.15) is 17.1 Å². The number of hydrogen-bond acceptors (Lipinski definition) is 5. The number of pyridine rings is 1. The second-order valence-electron chi connectivity index (χ2n) is 7.65. The molecule has 158 valence electrons. The van der Waals surface area contributed by atoms with Crippen LogP contribution < -0.4 is 10.1 Å². The fourth-order valence-corrected chi connectivity index (χ4v) is 4.81. The van der Waals surface area contributed by atoms with Crippen LogP contribution in [0, 0.1) is 0 Å². The summed E-state index contributed by atoms with van der Waals surface area (Å²) in [5.41, 5.74) is 2.98. The lowest BCUT2D eigenvalue weighted by Gasteiger charge is -2.25. The molecule has 0 radical (unpaired) electrons. The minimum Gasteiger partial charge on any atom is -0.497 e. The zero-order valence-corrected chi connectivity index (χ0v) is 18.2. The maximum atomic E-state index is 12.3. The monoisotopic (exact) mass is 424 g/mol. The number of hydrogen-bond donors (Lipinski definition) is 1. The number of methoxy groups -OCH3 is 1. The van der Waals surface area contributed by atoms with E-state index in [-0.39, 0.29) is 5.91 Å². The van der Waals surface area contributed by atoms with E-state index >= 15 is 0 Å². The van der Waals surface area contributed by atoms with Gasteiger partial charge in [0.2, 0.25) is 5.91 Å². The van der Waals surface area contributed by atoms with E-state index in [1.165, 1.54) is 32.1 Å². The van der Waals surface area contributed by atoms with Crippen LogP contribution in [-0.2, 0) is 17.1 Å². The molecule has 0 aliphatic heterocycles. The lowest BCUT2D eigenvalue weighted by Crippen LogP contribution is -2.24. The Bertz CT molecular complexity index is 981. The Hall–Kier alpha value is -2.54. The predicted octanol–water partition coefficient (Wildman–Crippen LogP) is 4.49. The quantitative estimate of drug-likeness (QED) is 0.577. The summed E-state index contributed by atoms with van der Waals surface area (Å²) in [6.07, 6.45) is 8.04. The van der Waals surface area contributed by atoms with Crippen LogP contribution in [-0.4, -0.2) is 33.3 Å². The van der Waals surface area contributed by atoms with E-state index in [0.29, 0.717) is 24.1 Å². The number of aromatic nitrogens is 3. The smallest absolute Gasteiger partial charge is 0.230 e. The summed E-state index contributed by atoms with van der Waals surface area (Å²) in [6.45, 7) is 0.522. The van der Waals surface area contributed by atoms with E-state index in [2.05, 4.69) is 14.9 Å². The molecule has 0 atom stereocenters. The average Bonchev–Trinajstić information content (AvgIpc) is 3.17. The highest BCUT2D eigenvalue weighted by atomic mass is 32.2. The number of thioether (sulfide) groups is 1. The van der Waals surface area contributed by atoms with Crippen molar-refractivity contribution in [2.24, 2.45) is 0 Å². The summed E-state index contributed by atoms with van der Waals surface area (Å²) in [5.74, 6) is 3.01. The van der Waals surface area contributed by atoms with E-state index in [1.807, 2.05) is 42.6 Å². The summed E-state index contributed by atoms with van der Waals surface area (Å²) in [6, 6.07) is 12.2. The van der Waals surface area contributed by atoms with Gasteiger partial charge in [0.15, 0.2) is 5.65 Å². The van der Waals surface area contributed by atoms with E-state index in [4.69, 9.17) is 9.72 Å². The van der Waals surface area contributed by atoms with E-state index < -0.39 is 0 Å². The Morgan fingerprint density at radius 3 is 2.77 bits per heavy atom. The van der Waals surface area contributed by atoms with Crippen molar-refractivity contribution in [1.82, 2.24) is 19.9 Å². The number of benzene rings is 1. The normalized spacial score (nSPS) is 14.7. The third-order valence-electron chi connectivity index (χ3n) is 5.57. The Balaban J connectivity index is 1.34. The van der Waals surface area contributed by atoms with Gasteiger partial charge in [0.25, 0.3) is 0 Å². The van der Waals surface area contributed by atoms with Gasteiger partial charge in [-0.25, -0.2) is 9.97 Å². The molecule has 0 saturated heterocycles. The molecule has 2 aromatic heterocycles. The van der Waals surface area contributed by atoms with Gasteiger partial charge >= 0.3 is 0 Å². The number of carbonyl (C=O) groups is 1. The number of fused-ring (bicyclic) bond motifs is 1. The fourth-order valence-electron chi connectivity index (χ4n) is 4.03.